The SMILES string of the molecule is CCCCCCOC(=O)OC1(C)C(=O)C=C2C=C(C)OC=C2C1=O. The molecule has 2 rings (SSSR count). The predicted octanol–water partition coefficient (Wildman–Crippen LogP) is 3.37. The molecule has 1 aliphatic carbocycles. The van der Waals surface area contributed by atoms with Crippen molar-refractivity contribution in [2.75, 3.05) is 6.61 Å². The summed E-state index contributed by atoms with van der Waals surface area (Å²) in [4.78, 5) is 36.7. The molecular formula is C18H22O6. The third kappa shape index (κ3) is 3.75. The molecule has 1 heterocycles. The summed E-state index contributed by atoms with van der Waals surface area (Å²) < 4.78 is 15.2. The Morgan fingerprint density at radius 3 is 2.67 bits per heavy atom. The fourth-order valence-corrected chi connectivity index (χ4v) is 2.48. The summed E-state index contributed by atoms with van der Waals surface area (Å²) >= 11 is 0. The van der Waals surface area contributed by atoms with E-state index in [9.17, 15) is 14.4 Å². The van der Waals surface area contributed by atoms with Crippen molar-refractivity contribution in [1.29, 1.82) is 0 Å². The number of hydrogen-bond donors (Lipinski definition) is 0. The summed E-state index contributed by atoms with van der Waals surface area (Å²) in [6.07, 6.45) is 6.93. The maximum atomic E-state index is 12.6. The van der Waals surface area contributed by atoms with Gasteiger partial charge in [-0.05, 0) is 38.0 Å². The highest BCUT2D eigenvalue weighted by molar-refractivity contribution is 6.26. The van der Waals surface area contributed by atoms with E-state index in [-0.39, 0.29) is 12.2 Å². The van der Waals surface area contributed by atoms with Gasteiger partial charge in [-0.15, -0.1) is 0 Å². The van der Waals surface area contributed by atoms with Crippen LogP contribution in [0.15, 0.2) is 35.3 Å². The summed E-state index contributed by atoms with van der Waals surface area (Å²) in [5.74, 6) is -0.633. The molecule has 2 aliphatic rings. The van der Waals surface area contributed by atoms with Gasteiger partial charge in [-0.3, -0.25) is 9.59 Å². The highest BCUT2D eigenvalue weighted by atomic mass is 16.7. The van der Waals surface area contributed by atoms with Gasteiger partial charge in [-0.2, -0.15) is 0 Å². The molecule has 0 bridgehead atoms. The van der Waals surface area contributed by atoms with Crippen LogP contribution >= 0.6 is 0 Å². The van der Waals surface area contributed by atoms with Crippen molar-refractivity contribution in [2.24, 2.45) is 0 Å². The third-order valence-corrected chi connectivity index (χ3v) is 3.97. The van der Waals surface area contributed by atoms with Gasteiger partial charge < -0.3 is 14.2 Å². The topological polar surface area (TPSA) is 78.9 Å². The summed E-state index contributed by atoms with van der Waals surface area (Å²) in [5, 5.41) is 0. The van der Waals surface area contributed by atoms with E-state index in [1.165, 1.54) is 19.3 Å². The van der Waals surface area contributed by atoms with Crippen molar-refractivity contribution in [3.63, 3.8) is 0 Å². The van der Waals surface area contributed by atoms with E-state index in [2.05, 4.69) is 6.92 Å². The van der Waals surface area contributed by atoms with Gasteiger partial charge in [0.1, 0.15) is 12.0 Å². The minimum Gasteiger partial charge on any atom is -0.469 e. The first-order valence-corrected chi connectivity index (χ1v) is 8.10. The van der Waals surface area contributed by atoms with E-state index < -0.39 is 23.3 Å². The normalized spacial score (nSPS) is 22.7. The first-order chi connectivity index (χ1) is 11.4. The molecule has 1 atom stereocenters. The maximum absolute atomic E-state index is 12.6. The smallest absolute Gasteiger partial charge is 0.469 e. The van der Waals surface area contributed by atoms with Crippen molar-refractivity contribution in [3.05, 3.63) is 35.3 Å². The van der Waals surface area contributed by atoms with Crippen molar-refractivity contribution in [1.82, 2.24) is 0 Å². The van der Waals surface area contributed by atoms with E-state index in [4.69, 9.17) is 14.2 Å². The first-order valence-electron chi connectivity index (χ1n) is 8.10. The van der Waals surface area contributed by atoms with Crippen LogP contribution in [-0.4, -0.2) is 29.9 Å². The van der Waals surface area contributed by atoms with Crippen molar-refractivity contribution in [3.8, 4) is 0 Å². The number of Topliss-reactive ketones (excluding diaryl/α,β-unsaturated/α-hetero) is 1. The number of fused-ring (bicyclic) bond motifs is 1. The Kier molecular flexibility index (Phi) is 5.59. The number of ether oxygens (including phenoxy) is 3. The summed E-state index contributed by atoms with van der Waals surface area (Å²) in [7, 11) is 0. The van der Waals surface area contributed by atoms with Crippen LogP contribution in [-0.2, 0) is 23.8 Å². The van der Waals surface area contributed by atoms with Crippen molar-refractivity contribution >= 4 is 17.7 Å². The molecule has 0 saturated heterocycles. The average Bonchev–Trinajstić information content (AvgIpc) is 2.53. The second-order valence-corrected chi connectivity index (χ2v) is 5.99. The van der Waals surface area contributed by atoms with Crippen LogP contribution in [0.2, 0.25) is 0 Å². The van der Waals surface area contributed by atoms with E-state index in [0.29, 0.717) is 17.8 Å². The zero-order chi connectivity index (χ0) is 17.7. The lowest BCUT2D eigenvalue weighted by Gasteiger charge is -2.30. The van der Waals surface area contributed by atoms with Crippen LogP contribution in [0.4, 0.5) is 4.79 Å². The van der Waals surface area contributed by atoms with Crippen LogP contribution in [0.3, 0.4) is 0 Å². The van der Waals surface area contributed by atoms with Crippen molar-refractivity contribution in [2.45, 2.75) is 52.1 Å². The number of allylic oxidation sites excluding steroid dienone is 3. The molecule has 24 heavy (non-hydrogen) atoms. The highest BCUT2D eigenvalue weighted by Gasteiger charge is 2.49. The summed E-state index contributed by atoms with van der Waals surface area (Å²) in [6, 6.07) is 0. The van der Waals surface area contributed by atoms with Gasteiger partial charge in [0.2, 0.25) is 17.2 Å². The molecule has 0 aromatic rings. The Morgan fingerprint density at radius 1 is 1.21 bits per heavy atom. The molecule has 0 N–H and O–H groups in total. The fraction of sp³-hybridized carbons (Fsp3) is 0.500. The van der Waals surface area contributed by atoms with E-state index in [1.54, 1.807) is 13.0 Å². The number of hydrogen-bond acceptors (Lipinski definition) is 6. The van der Waals surface area contributed by atoms with E-state index in [1.807, 2.05) is 0 Å². The second kappa shape index (κ2) is 7.47. The average molecular weight is 334 g/mol. The van der Waals surface area contributed by atoms with Crippen LogP contribution in [0, 0.1) is 0 Å². The lowest BCUT2D eigenvalue weighted by Crippen LogP contribution is -2.50. The third-order valence-electron chi connectivity index (χ3n) is 3.97. The summed E-state index contributed by atoms with van der Waals surface area (Å²) in [6.45, 7) is 5.27. The lowest BCUT2D eigenvalue weighted by atomic mass is 9.80. The van der Waals surface area contributed by atoms with Crippen molar-refractivity contribution < 1.29 is 28.6 Å². The largest absolute Gasteiger partial charge is 0.509 e. The molecule has 0 spiro atoms. The number of unbranched alkanes of at least 4 members (excludes halogenated alkanes) is 3. The van der Waals surface area contributed by atoms with Crippen LogP contribution in [0.25, 0.3) is 0 Å². The molecule has 130 valence electrons. The quantitative estimate of drug-likeness (QED) is 0.421. The first kappa shape index (κ1) is 18.0. The van der Waals surface area contributed by atoms with Gasteiger partial charge in [0.25, 0.3) is 0 Å². The monoisotopic (exact) mass is 334 g/mol. The Labute approximate surface area is 141 Å². The Bertz CT molecular complexity index is 640. The molecule has 0 aromatic carbocycles. The minimum atomic E-state index is -1.92. The zero-order valence-corrected chi connectivity index (χ0v) is 14.2. The molecule has 6 heteroatoms. The Balaban J connectivity index is 2.03. The van der Waals surface area contributed by atoms with Gasteiger partial charge in [-0.25, -0.2) is 4.79 Å². The molecule has 0 fully saturated rings. The molecule has 6 nitrogen and oxygen atoms in total. The molecule has 1 aliphatic heterocycles. The van der Waals surface area contributed by atoms with E-state index in [0.717, 1.165) is 19.3 Å². The standard InChI is InChI=1S/C18H22O6/c1-4-5-6-7-8-22-17(21)24-18(3)15(19)10-13-9-12(2)23-11-14(13)16(18)20/h9-11H,4-8H2,1-3H3. The minimum absolute atomic E-state index is 0.201. The van der Waals surface area contributed by atoms with Gasteiger partial charge >= 0.3 is 6.16 Å². The van der Waals surface area contributed by atoms with Gasteiger partial charge in [-0.1, -0.05) is 26.2 Å². The number of rotatable bonds is 6. The zero-order valence-electron chi connectivity index (χ0n) is 14.2. The summed E-state index contributed by atoms with van der Waals surface area (Å²) in [5.41, 5.74) is -1.25. The fourth-order valence-electron chi connectivity index (χ4n) is 2.48. The molecule has 1 unspecified atom stereocenters. The molecule has 0 saturated carbocycles. The predicted molar refractivity (Wildman–Crippen MR) is 86.0 cm³/mol. The molecular weight excluding hydrogens is 312 g/mol. The lowest BCUT2D eigenvalue weighted by molar-refractivity contribution is -0.147. The highest BCUT2D eigenvalue weighted by Crippen LogP contribution is 2.33. The van der Waals surface area contributed by atoms with E-state index >= 15 is 0 Å². The molecule has 0 amide bonds. The molecule has 0 radical (unpaired) electrons. The maximum Gasteiger partial charge on any atom is 0.509 e. The Hall–Kier alpha value is -2.37. The van der Waals surface area contributed by atoms with Gasteiger partial charge in [0.15, 0.2) is 0 Å². The molecule has 0 aromatic heterocycles. The van der Waals surface area contributed by atoms with Crippen LogP contribution in [0.5, 0.6) is 0 Å². The van der Waals surface area contributed by atoms with Gasteiger partial charge in [0, 0.05) is 0 Å². The second-order valence-electron chi connectivity index (χ2n) is 5.99. The number of carbonyl (C=O) groups excluding carboxylic acids is 3. The van der Waals surface area contributed by atoms with Crippen LogP contribution < -0.4 is 0 Å². The number of carbonyl (C=O) groups is 3. The van der Waals surface area contributed by atoms with Crippen LogP contribution in [0.1, 0.15) is 46.5 Å². The number of ketones is 2. The van der Waals surface area contributed by atoms with Gasteiger partial charge in [0.05, 0.1) is 12.2 Å². The Morgan fingerprint density at radius 2 is 1.96 bits per heavy atom.